The van der Waals surface area contributed by atoms with Crippen molar-refractivity contribution in [2.75, 3.05) is 20.1 Å². The first-order chi connectivity index (χ1) is 11.4. The average Bonchev–Trinajstić information content (AvgIpc) is 2.58. The second-order valence-corrected chi connectivity index (χ2v) is 7.26. The molecule has 0 aromatic heterocycles. The SMILES string of the molecule is Cc1ccc([C@H](O)C2CN(C)CCC2(O)c2ccc(C)cc2)cc1. The molecule has 1 saturated heterocycles. The maximum absolute atomic E-state index is 11.5. The lowest BCUT2D eigenvalue weighted by Crippen LogP contribution is -2.51. The summed E-state index contributed by atoms with van der Waals surface area (Å²) in [4.78, 5) is 2.19. The first kappa shape index (κ1) is 17.2. The summed E-state index contributed by atoms with van der Waals surface area (Å²) in [6.45, 7) is 5.56. The lowest BCUT2D eigenvalue weighted by atomic mass is 9.72. The van der Waals surface area contributed by atoms with E-state index in [1.54, 1.807) is 0 Å². The van der Waals surface area contributed by atoms with Gasteiger partial charge in [0.05, 0.1) is 11.7 Å². The average molecular weight is 325 g/mol. The van der Waals surface area contributed by atoms with Crippen molar-refractivity contribution in [1.82, 2.24) is 4.90 Å². The lowest BCUT2D eigenvalue weighted by Gasteiger charge is -2.46. The van der Waals surface area contributed by atoms with Crippen molar-refractivity contribution in [1.29, 1.82) is 0 Å². The van der Waals surface area contributed by atoms with Crippen LogP contribution < -0.4 is 0 Å². The number of benzene rings is 2. The Bertz CT molecular complexity index is 680. The van der Waals surface area contributed by atoms with Crippen LogP contribution in [0.2, 0.25) is 0 Å². The van der Waals surface area contributed by atoms with E-state index in [4.69, 9.17) is 0 Å². The topological polar surface area (TPSA) is 43.7 Å². The maximum Gasteiger partial charge on any atom is 0.0977 e. The van der Waals surface area contributed by atoms with Gasteiger partial charge in [-0.15, -0.1) is 0 Å². The van der Waals surface area contributed by atoms with Crippen LogP contribution in [0.15, 0.2) is 48.5 Å². The third-order valence-electron chi connectivity index (χ3n) is 5.35. The van der Waals surface area contributed by atoms with Crippen LogP contribution in [0.4, 0.5) is 0 Å². The van der Waals surface area contributed by atoms with Crippen LogP contribution in [0, 0.1) is 19.8 Å². The molecule has 2 aromatic carbocycles. The Hall–Kier alpha value is -1.68. The third kappa shape index (κ3) is 3.25. The molecule has 3 heteroatoms. The molecule has 3 atom stereocenters. The Labute approximate surface area is 144 Å². The van der Waals surface area contributed by atoms with Crippen LogP contribution in [0.5, 0.6) is 0 Å². The minimum atomic E-state index is -1.01. The fraction of sp³-hybridized carbons (Fsp3) is 0.429. The summed E-state index contributed by atoms with van der Waals surface area (Å²) in [7, 11) is 2.05. The lowest BCUT2D eigenvalue weighted by molar-refractivity contribution is -0.118. The van der Waals surface area contributed by atoms with E-state index >= 15 is 0 Å². The van der Waals surface area contributed by atoms with E-state index in [-0.39, 0.29) is 5.92 Å². The monoisotopic (exact) mass is 325 g/mol. The standard InChI is InChI=1S/C21H27NO2/c1-15-4-8-17(9-5-15)20(23)19-14-22(3)13-12-21(19,24)18-10-6-16(2)7-11-18/h4-11,19-20,23-24H,12-14H2,1-3H3/t19?,20-,21?/m0/s1. The van der Waals surface area contributed by atoms with Crippen molar-refractivity contribution in [2.45, 2.75) is 32.0 Å². The molecule has 1 heterocycles. The number of hydrogen-bond donors (Lipinski definition) is 2. The molecule has 0 amide bonds. The van der Waals surface area contributed by atoms with Gasteiger partial charge in [-0.25, -0.2) is 0 Å². The zero-order valence-electron chi connectivity index (χ0n) is 14.7. The predicted molar refractivity (Wildman–Crippen MR) is 96.8 cm³/mol. The minimum Gasteiger partial charge on any atom is -0.388 e. The van der Waals surface area contributed by atoms with Crippen LogP contribution >= 0.6 is 0 Å². The molecule has 0 bridgehead atoms. The molecule has 1 fully saturated rings. The highest BCUT2D eigenvalue weighted by atomic mass is 16.3. The number of hydrogen-bond acceptors (Lipinski definition) is 3. The van der Waals surface area contributed by atoms with Gasteiger partial charge in [0.2, 0.25) is 0 Å². The van der Waals surface area contributed by atoms with Crippen molar-refractivity contribution in [3.05, 3.63) is 70.8 Å². The smallest absolute Gasteiger partial charge is 0.0977 e. The van der Waals surface area contributed by atoms with E-state index in [1.165, 1.54) is 11.1 Å². The number of aliphatic hydroxyl groups is 2. The number of nitrogens with zero attached hydrogens (tertiary/aromatic N) is 1. The second kappa shape index (κ2) is 6.67. The molecule has 3 rings (SSSR count). The zero-order chi connectivity index (χ0) is 17.3. The van der Waals surface area contributed by atoms with Crippen LogP contribution in [0.3, 0.4) is 0 Å². The summed E-state index contributed by atoms with van der Waals surface area (Å²) in [6.07, 6.45) is -0.0696. The Kier molecular flexibility index (Phi) is 4.77. The fourth-order valence-corrected chi connectivity index (χ4v) is 3.68. The zero-order valence-corrected chi connectivity index (χ0v) is 14.7. The summed E-state index contributed by atoms with van der Waals surface area (Å²) >= 11 is 0. The largest absolute Gasteiger partial charge is 0.388 e. The fourth-order valence-electron chi connectivity index (χ4n) is 3.68. The van der Waals surface area contributed by atoms with E-state index in [0.717, 1.165) is 17.7 Å². The molecule has 3 nitrogen and oxygen atoms in total. The van der Waals surface area contributed by atoms with E-state index in [2.05, 4.69) is 4.90 Å². The van der Waals surface area contributed by atoms with Crippen molar-refractivity contribution in [3.63, 3.8) is 0 Å². The molecule has 2 N–H and O–H groups in total. The van der Waals surface area contributed by atoms with E-state index in [0.29, 0.717) is 13.0 Å². The van der Waals surface area contributed by atoms with Gasteiger partial charge in [0.15, 0.2) is 0 Å². The molecule has 2 unspecified atom stereocenters. The molecular weight excluding hydrogens is 298 g/mol. The molecule has 0 spiro atoms. The highest BCUT2D eigenvalue weighted by Crippen LogP contribution is 2.43. The Morgan fingerprint density at radius 3 is 2.12 bits per heavy atom. The highest BCUT2D eigenvalue weighted by Gasteiger charge is 2.45. The number of aliphatic hydroxyl groups excluding tert-OH is 1. The van der Waals surface area contributed by atoms with Crippen LogP contribution in [-0.4, -0.2) is 35.3 Å². The third-order valence-corrected chi connectivity index (χ3v) is 5.35. The molecule has 24 heavy (non-hydrogen) atoms. The summed E-state index contributed by atoms with van der Waals surface area (Å²) in [5.74, 6) is -0.262. The summed E-state index contributed by atoms with van der Waals surface area (Å²) in [5, 5.41) is 22.5. The van der Waals surface area contributed by atoms with Gasteiger partial charge in [0.25, 0.3) is 0 Å². The van der Waals surface area contributed by atoms with Gasteiger partial charge in [-0.05, 0) is 38.4 Å². The Balaban J connectivity index is 1.97. The van der Waals surface area contributed by atoms with Crippen molar-refractivity contribution >= 4 is 0 Å². The molecule has 0 saturated carbocycles. The molecule has 0 radical (unpaired) electrons. The number of likely N-dealkylation sites (tertiary alicyclic amines) is 1. The van der Waals surface area contributed by atoms with Gasteiger partial charge in [0, 0.05) is 19.0 Å². The summed E-state index contributed by atoms with van der Waals surface area (Å²) in [6, 6.07) is 16.0. The molecular formula is C21H27NO2. The van der Waals surface area contributed by atoms with Crippen LogP contribution in [0.25, 0.3) is 0 Å². The minimum absolute atomic E-state index is 0.262. The first-order valence-electron chi connectivity index (χ1n) is 8.63. The van der Waals surface area contributed by atoms with Gasteiger partial charge >= 0.3 is 0 Å². The number of aryl methyl sites for hydroxylation is 2. The molecule has 1 aliphatic heterocycles. The highest BCUT2D eigenvalue weighted by molar-refractivity contribution is 5.31. The first-order valence-corrected chi connectivity index (χ1v) is 8.63. The Morgan fingerprint density at radius 1 is 1.00 bits per heavy atom. The molecule has 128 valence electrons. The maximum atomic E-state index is 11.5. The second-order valence-electron chi connectivity index (χ2n) is 7.26. The van der Waals surface area contributed by atoms with E-state index in [1.807, 2.05) is 69.4 Å². The molecule has 1 aliphatic rings. The Morgan fingerprint density at radius 2 is 1.54 bits per heavy atom. The predicted octanol–water partition coefficient (Wildman–Crippen LogP) is 3.18. The van der Waals surface area contributed by atoms with Crippen molar-refractivity contribution in [2.24, 2.45) is 5.92 Å². The van der Waals surface area contributed by atoms with Gasteiger partial charge in [-0.1, -0.05) is 59.7 Å². The molecule has 0 aliphatic carbocycles. The quantitative estimate of drug-likeness (QED) is 0.911. The van der Waals surface area contributed by atoms with Crippen molar-refractivity contribution in [3.8, 4) is 0 Å². The number of piperidine rings is 1. The van der Waals surface area contributed by atoms with Gasteiger partial charge < -0.3 is 15.1 Å². The van der Waals surface area contributed by atoms with Gasteiger partial charge in [-0.3, -0.25) is 0 Å². The van der Waals surface area contributed by atoms with E-state index in [9.17, 15) is 10.2 Å². The van der Waals surface area contributed by atoms with Gasteiger partial charge in [-0.2, -0.15) is 0 Å². The summed E-state index contributed by atoms with van der Waals surface area (Å²) < 4.78 is 0. The van der Waals surface area contributed by atoms with Gasteiger partial charge in [0.1, 0.15) is 0 Å². The summed E-state index contributed by atoms with van der Waals surface area (Å²) in [5.41, 5.74) is 3.10. The number of rotatable bonds is 3. The van der Waals surface area contributed by atoms with Crippen molar-refractivity contribution < 1.29 is 10.2 Å². The van der Waals surface area contributed by atoms with Crippen LogP contribution in [-0.2, 0) is 5.60 Å². The normalized spacial score (nSPS) is 26.3. The van der Waals surface area contributed by atoms with E-state index < -0.39 is 11.7 Å². The molecule has 2 aromatic rings. The van der Waals surface area contributed by atoms with Crippen LogP contribution in [0.1, 0.15) is 34.8 Å².